The van der Waals surface area contributed by atoms with Gasteiger partial charge in [0.15, 0.2) is 0 Å². The molecule has 0 aliphatic carbocycles. The zero-order chi connectivity index (χ0) is 15.3. The molecule has 1 aromatic heterocycles. The first-order valence-electron chi connectivity index (χ1n) is 6.71. The number of thiazole rings is 1. The number of rotatable bonds is 5. The number of hydrogen-bond donors (Lipinski definition) is 0. The molecule has 0 unspecified atom stereocenters. The molecule has 112 valence electrons. The molecule has 0 saturated carbocycles. The van der Waals surface area contributed by atoms with E-state index >= 15 is 0 Å². The maximum absolute atomic E-state index is 11.9. The van der Waals surface area contributed by atoms with Crippen LogP contribution in [0.1, 0.15) is 36.8 Å². The van der Waals surface area contributed by atoms with E-state index in [9.17, 15) is 4.79 Å². The van der Waals surface area contributed by atoms with Gasteiger partial charge in [0.25, 0.3) is 0 Å². The highest BCUT2D eigenvalue weighted by molar-refractivity contribution is 7.07. The van der Waals surface area contributed by atoms with E-state index in [-0.39, 0.29) is 11.4 Å². The lowest BCUT2D eigenvalue weighted by atomic mass is 9.99. The van der Waals surface area contributed by atoms with Crippen molar-refractivity contribution in [3.8, 4) is 5.75 Å². The van der Waals surface area contributed by atoms with Crippen LogP contribution in [0.4, 0.5) is 0 Å². The Hall–Kier alpha value is -1.88. The second-order valence-corrected chi connectivity index (χ2v) is 6.65. The number of ether oxygens (including phenoxy) is 2. The minimum Gasteiger partial charge on any atom is -0.487 e. The molecule has 0 atom stereocenters. The van der Waals surface area contributed by atoms with Gasteiger partial charge in [0.2, 0.25) is 0 Å². The Morgan fingerprint density at radius 1 is 1.24 bits per heavy atom. The second kappa shape index (κ2) is 6.72. The van der Waals surface area contributed by atoms with Crippen LogP contribution in [0.2, 0.25) is 0 Å². The van der Waals surface area contributed by atoms with Gasteiger partial charge in [-0.2, -0.15) is 0 Å². The summed E-state index contributed by atoms with van der Waals surface area (Å²) in [6.45, 7) is 6.90. The highest BCUT2D eigenvalue weighted by atomic mass is 32.1. The zero-order valence-corrected chi connectivity index (χ0v) is 13.3. The molecular formula is C16H19NO3S. The van der Waals surface area contributed by atoms with E-state index in [4.69, 9.17) is 9.47 Å². The molecule has 0 saturated heterocycles. The summed E-state index contributed by atoms with van der Waals surface area (Å²) in [7, 11) is 0. The fourth-order valence-electron chi connectivity index (χ4n) is 1.52. The van der Waals surface area contributed by atoms with Gasteiger partial charge < -0.3 is 9.47 Å². The Bertz CT molecular complexity index is 571. The van der Waals surface area contributed by atoms with E-state index < -0.39 is 0 Å². The van der Waals surface area contributed by atoms with Gasteiger partial charge in [-0.1, -0.05) is 20.8 Å². The van der Waals surface area contributed by atoms with Crippen LogP contribution in [0, 0.1) is 5.41 Å². The van der Waals surface area contributed by atoms with Crippen molar-refractivity contribution < 1.29 is 14.3 Å². The van der Waals surface area contributed by atoms with Crippen LogP contribution >= 0.6 is 11.3 Å². The maximum Gasteiger partial charge on any atom is 0.338 e. The third-order valence-corrected chi connectivity index (χ3v) is 3.23. The maximum atomic E-state index is 11.9. The van der Waals surface area contributed by atoms with Crippen LogP contribution in [0.15, 0.2) is 35.2 Å². The monoisotopic (exact) mass is 305 g/mol. The van der Waals surface area contributed by atoms with Crippen molar-refractivity contribution in [1.82, 2.24) is 4.98 Å². The molecule has 0 amide bonds. The fraction of sp³-hybridized carbons (Fsp3) is 0.375. The van der Waals surface area contributed by atoms with E-state index in [2.05, 4.69) is 4.98 Å². The molecule has 0 aliphatic rings. The van der Waals surface area contributed by atoms with Crippen molar-refractivity contribution in [3.05, 3.63) is 46.4 Å². The van der Waals surface area contributed by atoms with E-state index in [1.165, 1.54) is 11.3 Å². The van der Waals surface area contributed by atoms with Crippen molar-refractivity contribution in [2.24, 2.45) is 5.41 Å². The normalized spacial score (nSPS) is 11.2. The Morgan fingerprint density at radius 2 is 1.95 bits per heavy atom. The Kier molecular flexibility index (Phi) is 4.96. The van der Waals surface area contributed by atoms with Gasteiger partial charge in [0, 0.05) is 5.38 Å². The lowest BCUT2D eigenvalue weighted by Gasteiger charge is -2.17. The molecule has 0 fully saturated rings. The standard InChI is InChI=1S/C16H19NO3S/c1-16(2,3)10-20-15(18)12-4-6-14(7-5-12)19-8-13-9-21-11-17-13/h4-7,9,11H,8,10H2,1-3H3. The molecule has 0 N–H and O–H groups in total. The summed E-state index contributed by atoms with van der Waals surface area (Å²) in [5.41, 5.74) is 3.16. The van der Waals surface area contributed by atoms with Gasteiger partial charge in [-0.15, -0.1) is 11.3 Å². The summed E-state index contributed by atoms with van der Waals surface area (Å²) < 4.78 is 10.9. The summed E-state index contributed by atoms with van der Waals surface area (Å²) in [5, 5.41) is 1.94. The summed E-state index contributed by atoms with van der Waals surface area (Å²) >= 11 is 1.54. The van der Waals surface area contributed by atoms with E-state index in [0.717, 1.165) is 5.69 Å². The smallest absolute Gasteiger partial charge is 0.338 e. The molecule has 4 nitrogen and oxygen atoms in total. The SMILES string of the molecule is CC(C)(C)COC(=O)c1ccc(OCc2cscn2)cc1. The van der Waals surface area contributed by atoms with Gasteiger partial charge in [0.05, 0.1) is 23.4 Å². The number of aromatic nitrogens is 1. The molecule has 21 heavy (non-hydrogen) atoms. The predicted molar refractivity (Wildman–Crippen MR) is 82.6 cm³/mol. The van der Waals surface area contributed by atoms with Crippen molar-refractivity contribution in [2.45, 2.75) is 27.4 Å². The summed E-state index contributed by atoms with van der Waals surface area (Å²) in [6.07, 6.45) is 0. The number of carbonyl (C=O) groups is 1. The Labute approximate surface area is 128 Å². The topological polar surface area (TPSA) is 48.4 Å². The summed E-state index contributed by atoms with van der Waals surface area (Å²) in [6, 6.07) is 6.95. The summed E-state index contributed by atoms with van der Waals surface area (Å²) in [5.74, 6) is 0.395. The first-order chi connectivity index (χ1) is 9.94. The van der Waals surface area contributed by atoms with Crippen LogP contribution in [0.25, 0.3) is 0 Å². The highest BCUT2D eigenvalue weighted by Gasteiger charge is 2.15. The highest BCUT2D eigenvalue weighted by Crippen LogP contribution is 2.17. The Balaban J connectivity index is 1.87. The lowest BCUT2D eigenvalue weighted by Crippen LogP contribution is -2.18. The van der Waals surface area contributed by atoms with Crippen molar-refractivity contribution in [3.63, 3.8) is 0 Å². The average molecular weight is 305 g/mol. The largest absolute Gasteiger partial charge is 0.487 e. The molecule has 0 spiro atoms. The van der Waals surface area contributed by atoms with Crippen LogP contribution < -0.4 is 4.74 Å². The number of esters is 1. The van der Waals surface area contributed by atoms with Gasteiger partial charge in [0.1, 0.15) is 12.4 Å². The van der Waals surface area contributed by atoms with Crippen molar-refractivity contribution in [1.29, 1.82) is 0 Å². The van der Waals surface area contributed by atoms with Crippen LogP contribution in [-0.2, 0) is 11.3 Å². The second-order valence-electron chi connectivity index (χ2n) is 5.93. The van der Waals surface area contributed by atoms with Gasteiger partial charge in [-0.3, -0.25) is 0 Å². The van der Waals surface area contributed by atoms with E-state index in [0.29, 0.717) is 24.5 Å². The molecule has 0 radical (unpaired) electrons. The van der Waals surface area contributed by atoms with E-state index in [1.54, 1.807) is 29.8 Å². The minimum atomic E-state index is -0.309. The van der Waals surface area contributed by atoms with Gasteiger partial charge >= 0.3 is 5.97 Å². The summed E-state index contributed by atoms with van der Waals surface area (Å²) in [4.78, 5) is 16.0. The van der Waals surface area contributed by atoms with Crippen LogP contribution in [0.5, 0.6) is 5.75 Å². The van der Waals surface area contributed by atoms with Crippen LogP contribution in [0.3, 0.4) is 0 Å². The molecular weight excluding hydrogens is 286 g/mol. The Morgan fingerprint density at radius 3 is 2.52 bits per heavy atom. The average Bonchev–Trinajstić information content (AvgIpc) is 2.95. The first-order valence-corrected chi connectivity index (χ1v) is 7.65. The van der Waals surface area contributed by atoms with Crippen molar-refractivity contribution in [2.75, 3.05) is 6.61 Å². The molecule has 2 aromatic rings. The molecule has 0 bridgehead atoms. The first kappa shape index (κ1) is 15.5. The number of hydrogen-bond acceptors (Lipinski definition) is 5. The minimum absolute atomic E-state index is 0.0355. The molecule has 2 rings (SSSR count). The van der Waals surface area contributed by atoms with E-state index in [1.807, 2.05) is 26.2 Å². The van der Waals surface area contributed by atoms with Gasteiger partial charge in [-0.25, -0.2) is 9.78 Å². The van der Waals surface area contributed by atoms with Crippen LogP contribution in [-0.4, -0.2) is 17.6 Å². The molecule has 0 aliphatic heterocycles. The third-order valence-electron chi connectivity index (χ3n) is 2.60. The number of benzene rings is 1. The predicted octanol–water partition coefficient (Wildman–Crippen LogP) is 3.93. The lowest BCUT2D eigenvalue weighted by molar-refractivity contribution is 0.0367. The molecule has 5 heteroatoms. The fourth-order valence-corrected chi connectivity index (χ4v) is 2.06. The molecule has 1 aromatic carbocycles. The number of nitrogens with zero attached hydrogens (tertiary/aromatic N) is 1. The van der Waals surface area contributed by atoms with Crippen molar-refractivity contribution >= 4 is 17.3 Å². The quantitative estimate of drug-likeness (QED) is 0.785. The van der Waals surface area contributed by atoms with Gasteiger partial charge in [-0.05, 0) is 29.7 Å². The number of carbonyl (C=O) groups excluding carboxylic acids is 1. The third kappa shape index (κ3) is 5.19. The molecule has 1 heterocycles. The zero-order valence-electron chi connectivity index (χ0n) is 12.5.